The summed E-state index contributed by atoms with van der Waals surface area (Å²) >= 11 is 0. The smallest absolute Gasteiger partial charge is 0.326 e. The Labute approximate surface area is 228 Å². The van der Waals surface area contributed by atoms with E-state index in [1.807, 2.05) is 0 Å². The maximum absolute atomic E-state index is 13.1. The highest BCUT2D eigenvalue weighted by Crippen LogP contribution is 2.26. The standard InChI is InChI=1S/C28H35N3O7S/c1-20(29)9-4-2-7-13-26(32)38-22-16-14-21(15-17-22)19-24(28(34)35)30-27(33)25-12-8-18-31(25)39(36,37)23-10-5-3-6-11-23/h3,5-6,10-11,14-17,24-25,29H,2,4,7-9,12-13,18-19H2,1H3,(H,30,33)(H,34,35)/t24-,25-/m0/s1. The van der Waals surface area contributed by atoms with Gasteiger partial charge >= 0.3 is 11.9 Å². The second-order valence-electron chi connectivity index (χ2n) is 9.65. The third kappa shape index (κ3) is 8.72. The lowest BCUT2D eigenvalue weighted by Gasteiger charge is -2.25. The molecule has 2 aromatic carbocycles. The maximum atomic E-state index is 13.1. The van der Waals surface area contributed by atoms with Gasteiger partial charge in [0.2, 0.25) is 15.9 Å². The van der Waals surface area contributed by atoms with Crippen molar-refractivity contribution >= 4 is 33.6 Å². The number of unbranched alkanes of at least 4 members (excludes halogenated alkanes) is 2. The van der Waals surface area contributed by atoms with Gasteiger partial charge in [0, 0.05) is 25.1 Å². The van der Waals surface area contributed by atoms with Crippen molar-refractivity contribution in [3.05, 3.63) is 60.2 Å². The number of rotatable bonds is 14. The summed E-state index contributed by atoms with van der Waals surface area (Å²) in [5.74, 6) is -1.92. The molecule has 11 heteroatoms. The molecule has 3 rings (SSSR count). The number of benzene rings is 2. The van der Waals surface area contributed by atoms with Gasteiger partial charge in [-0.05, 0) is 68.9 Å². The number of carboxylic acid groups (broad SMARTS) is 1. The average molecular weight is 558 g/mol. The molecule has 0 saturated carbocycles. The molecule has 1 amide bonds. The van der Waals surface area contributed by atoms with E-state index in [1.54, 1.807) is 49.4 Å². The molecule has 3 N–H and O–H groups in total. The molecule has 0 spiro atoms. The predicted octanol–water partition coefficient (Wildman–Crippen LogP) is 3.55. The van der Waals surface area contributed by atoms with Crippen molar-refractivity contribution in [2.24, 2.45) is 0 Å². The lowest BCUT2D eigenvalue weighted by atomic mass is 10.1. The molecule has 2 aromatic rings. The van der Waals surface area contributed by atoms with E-state index >= 15 is 0 Å². The Balaban J connectivity index is 1.55. The fraction of sp³-hybridized carbons (Fsp3) is 0.429. The highest BCUT2D eigenvalue weighted by Gasteiger charge is 2.40. The summed E-state index contributed by atoms with van der Waals surface area (Å²) < 4.78 is 32.6. The molecule has 1 heterocycles. The molecule has 0 bridgehead atoms. The highest BCUT2D eigenvalue weighted by atomic mass is 32.2. The van der Waals surface area contributed by atoms with Crippen LogP contribution in [0.1, 0.15) is 57.4 Å². The van der Waals surface area contributed by atoms with Gasteiger partial charge in [0.15, 0.2) is 0 Å². The summed E-state index contributed by atoms with van der Waals surface area (Å²) in [4.78, 5) is 37.1. The van der Waals surface area contributed by atoms with Crippen LogP contribution in [-0.2, 0) is 30.8 Å². The lowest BCUT2D eigenvalue weighted by Crippen LogP contribution is -2.51. The van der Waals surface area contributed by atoms with Crippen molar-refractivity contribution in [1.29, 1.82) is 5.41 Å². The number of hydrogen-bond donors (Lipinski definition) is 3. The first-order valence-electron chi connectivity index (χ1n) is 13.0. The van der Waals surface area contributed by atoms with Crippen LogP contribution in [0.4, 0.5) is 0 Å². The average Bonchev–Trinajstić information content (AvgIpc) is 3.41. The first kappa shape index (κ1) is 30.0. The molecule has 39 heavy (non-hydrogen) atoms. The minimum absolute atomic E-state index is 0.0279. The summed E-state index contributed by atoms with van der Waals surface area (Å²) in [6.45, 7) is 1.93. The first-order valence-corrected chi connectivity index (χ1v) is 14.5. The van der Waals surface area contributed by atoms with Gasteiger partial charge in [-0.3, -0.25) is 9.59 Å². The van der Waals surface area contributed by atoms with Gasteiger partial charge in [0.1, 0.15) is 17.8 Å². The van der Waals surface area contributed by atoms with Crippen LogP contribution in [0.15, 0.2) is 59.5 Å². The second-order valence-corrected chi connectivity index (χ2v) is 11.5. The Morgan fingerprint density at radius 3 is 2.36 bits per heavy atom. The Bertz CT molecular complexity index is 1260. The van der Waals surface area contributed by atoms with Crippen LogP contribution in [-0.4, -0.2) is 60.0 Å². The molecule has 0 radical (unpaired) electrons. The van der Waals surface area contributed by atoms with E-state index < -0.39 is 34.0 Å². The second kappa shape index (κ2) is 14.0. The van der Waals surface area contributed by atoms with E-state index in [-0.39, 0.29) is 30.3 Å². The van der Waals surface area contributed by atoms with Crippen LogP contribution in [0.2, 0.25) is 0 Å². The van der Waals surface area contributed by atoms with Crippen molar-refractivity contribution in [2.75, 3.05) is 6.54 Å². The van der Waals surface area contributed by atoms with Crippen molar-refractivity contribution in [3.8, 4) is 5.75 Å². The third-order valence-electron chi connectivity index (χ3n) is 6.50. The van der Waals surface area contributed by atoms with Crippen molar-refractivity contribution in [3.63, 3.8) is 0 Å². The van der Waals surface area contributed by atoms with Crippen LogP contribution in [0.25, 0.3) is 0 Å². The zero-order valence-corrected chi connectivity index (χ0v) is 22.8. The molecule has 1 saturated heterocycles. The first-order chi connectivity index (χ1) is 18.6. The van der Waals surface area contributed by atoms with Gasteiger partial charge in [-0.15, -0.1) is 0 Å². The molecule has 1 aliphatic heterocycles. The molecule has 0 aromatic heterocycles. The van der Waals surface area contributed by atoms with E-state index in [1.165, 1.54) is 12.1 Å². The lowest BCUT2D eigenvalue weighted by molar-refractivity contribution is -0.142. The number of hydrogen-bond acceptors (Lipinski definition) is 7. The summed E-state index contributed by atoms with van der Waals surface area (Å²) in [6.07, 6.45) is 4.13. The normalized spacial score (nSPS) is 16.4. The zero-order valence-electron chi connectivity index (χ0n) is 22.0. The molecular weight excluding hydrogens is 522 g/mol. The largest absolute Gasteiger partial charge is 0.480 e. The van der Waals surface area contributed by atoms with Gasteiger partial charge < -0.3 is 20.6 Å². The number of ether oxygens (including phenoxy) is 1. The minimum atomic E-state index is -3.90. The van der Waals surface area contributed by atoms with Crippen molar-refractivity contribution in [2.45, 2.75) is 75.3 Å². The number of esters is 1. The number of amides is 1. The Kier molecular flexibility index (Phi) is 10.8. The molecule has 2 atom stereocenters. The number of carbonyl (C=O) groups is 3. The SMILES string of the molecule is CC(=N)CCCCCC(=O)Oc1ccc(C[C@H](NC(=O)[C@@H]2CCCN2S(=O)(=O)c2ccccc2)C(=O)O)cc1. The summed E-state index contributed by atoms with van der Waals surface area (Å²) in [5.41, 5.74) is 1.23. The zero-order chi connectivity index (χ0) is 28.4. The van der Waals surface area contributed by atoms with Crippen molar-refractivity contribution in [1.82, 2.24) is 9.62 Å². The number of aliphatic carboxylic acids is 1. The predicted molar refractivity (Wildman–Crippen MR) is 145 cm³/mol. The number of nitrogens with zero attached hydrogens (tertiary/aromatic N) is 1. The van der Waals surface area contributed by atoms with Crippen LogP contribution in [0.5, 0.6) is 5.75 Å². The molecule has 210 valence electrons. The van der Waals surface area contributed by atoms with E-state index in [4.69, 9.17) is 10.1 Å². The summed E-state index contributed by atoms with van der Waals surface area (Å²) in [5, 5.41) is 19.6. The van der Waals surface area contributed by atoms with Crippen LogP contribution in [0.3, 0.4) is 0 Å². The van der Waals surface area contributed by atoms with Crippen LogP contribution < -0.4 is 10.1 Å². The van der Waals surface area contributed by atoms with Gasteiger partial charge in [-0.25, -0.2) is 13.2 Å². The summed E-state index contributed by atoms with van der Waals surface area (Å²) in [6, 6.07) is 12.0. The van der Waals surface area contributed by atoms with Gasteiger partial charge in [0.25, 0.3) is 0 Å². The van der Waals surface area contributed by atoms with Crippen molar-refractivity contribution < 1.29 is 32.6 Å². The fourth-order valence-electron chi connectivity index (χ4n) is 4.43. The number of carbonyl (C=O) groups excluding carboxylic acids is 2. The van der Waals surface area contributed by atoms with Gasteiger partial charge in [-0.2, -0.15) is 4.31 Å². The quantitative estimate of drug-likeness (QED) is 0.139. The molecule has 1 aliphatic rings. The number of nitrogens with one attached hydrogen (secondary N) is 2. The Hall–Kier alpha value is -3.57. The molecule has 1 fully saturated rings. The van der Waals surface area contributed by atoms with Crippen LogP contribution in [0, 0.1) is 5.41 Å². The van der Waals surface area contributed by atoms with E-state index in [9.17, 15) is 27.9 Å². The number of carboxylic acids is 1. The molecular formula is C28H35N3O7S. The van der Waals surface area contributed by atoms with Gasteiger partial charge in [0.05, 0.1) is 4.90 Å². The van der Waals surface area contributed by atoms with Gasteiger partial charge in [-0.1, -0.05) is 36.8 Å². The van der Waals surface area contributed by atoms with E-state index in [2.05, 4.69) is 5.32 Å². The third-order valence-corrected chi connectivity index (χ3v) is 8.42. The molecule has 10 nitrogen and oxygen atoms in total. The monoisotopic (exact) mass is 557 g/mol. The highest BCUT2D eigenvalue weighted by molar-refractivity contribution is 7.89. The Morgan fingerprint density at radius 1 is 1.05 bits per heavy atom. The van der Waals surface area contributed by atoms with E-state index in [0.29, 0.717) is 36.3 Å². The Morgan fingerprint density at radius 2 is 1.72 bits per heavy atom. The number of sulfonamides is 1. The molecule has 0 aliphatic carbocycles. The maximum Gasteiger partial charge on any atom is 0.326 e. The fourth-order valence-corrected chi connectivity index (χ4v) is 6.11. The summed E-state index contributed by atoms with van der Waals surface area (Å²) in [7, 11) is -3.90. The molecule has 0 unspecified atom stereocenters. The van der Waals surface area contributed by atoms with E-state index in [0.717, 1.165) is 23.6 Å². The minimum Gasteiger partial charge on any atom is -0.480 e. The van der Waals surface area contributed by atoms with Crippen LogP contribution >= 0.6 is 0 Å². The topological polar surface area (TPSA) is 154 Å².